The molecule has 176 valence electrons. The Labute approximate surface area is 193 Å². The number of imidazole rings is 1. The van der Waals surface area contributed by atoms with Gasteiger partial charge in [-0.05, 0) is 24.6 Å². The summed E-state index contributed by atoms with van der Waals surface area (Å²) in [5, 5.41) is -0.0834. The number of hydrogen-bond donors (Lipinski definition) is 0. The number of carbonyl (C=O) groups excluding carboxylic acids is 1. The molecule has 1 saturated heterocycles. The predicted molar refractivity (Wildman–Crippen MR) is 120 cm³/mol. The number of hydrogen-bond acceptors (Lipinski definition) is 4. The molecule has 1 aromatic carbocycles. The highest BCUT2D eigenvalue weighted by Gasteiger charge is 2.32. The smallest absolute Gasteiger partial charge is 0.352 e. The zero-order valence-corrected chi connectivity index (χ0v) is 18.7. The van der Waals surface area contributed by atoms with E-state index < -0.39 is 11.7 Å². The van der Waals surface area contributed by atoms with Crippen LogP contribution in [0.4, 0.5) is 19.0 Å². The average Bonchev–Trinajstić information content (AvgIpc) is 3.05. The zero-order chi connectivity index (χ0) is 23.8. The summed E-state index contributed by atoms with van der Waals surface area (Å²) in [5.74, 6) is 0.0678. The molecule has 3 heterocycles. The molecular weight excluding hydrogens is 459 g/mol. The molecular formula is C22H23ClF3N5O2. The van der Waals surface area contributed by atoms with Crippen LogP contribution >= 0.6 is 11.6 Å². The van der Waals surface area contributed by atoms with Crippen molar-refractivity contribution in [2.24, 2.45) is 0 Å². The molecule has 0 N–H and O–H groups in total. The Balaban J connectivity index is 1.46. The summed E-state index contributed by atoms with van der Waals surface area (Å²) in [4.78, 5) is 33.2. The van der Waals surface area contributed by atoms with Crippen molar-refractivity contribution in [2.45, 2.75) is 32.6 Å². The van der Waals surface area contributed by atoms with Gasteiger partial charge in [-0.3, -0.25) is 13.9 Å². The number of pyridine rings is 1. The second kappa shape index (κ2) is 9.09. The Morgan fingerprint density at radius 2 is 1.73 bits per heavy atom. The van der Waals surface area contributed by atoms with Crippen LogP contribution in [0.1, 0.15) is 18.9 Å². The number of nitrogens with zero attached hydrogens (tertiary/aromatic N) is 5. The summed E-state index contributed by atoms with van der Waals surface area (Å²) < 4.78 is 41.7. The van der Waals surface area contributed by atoms with E-state index in [9.17, 15) is 22.8 Å². The maximum atomic E-state index is 13.0. The van der Waals surface area contributed by atoms with Gasteiger partial charge in [-0.25, -0.2) is 9.78 Å². The van der Waals surface area contributed by atoms with E-state index in [0.717, 1.165) is 24.2 Å². The fraction of sp³-hybridized carbons (Fsp3) is 0.409. The molecule has 0 aliphatic carbocycles. The van der Waals surface area contributed by atoms with Gasteiger partial charge in [-0.1, -0.05) is 30.7 Å². The maximum Gasteiger partial charge on any atom is 0.417 e. The minimum absolute atomic E-state index is 0.0741. The first kappa shape index (κ1) is 23.2. The molecule has 1 amide bonds. The van der Waals surface area contributed by atoms with Crippen molar-refractivity contribution in [3.05, 3.63) is 57.6 Å². The van der Waals surface area contributed by atoms with Gasteiger partial charge < -0.3 is 9.80 Å². The predicted octanol–water partition coefficient (Wildman–Crippen LogP) is 3.63. The average molecular weight is 482 g/mol. The third-order valence-corrected chi connectivity index (χ3v) is 6.02. The van der Waals surface area contributed by atoms with Crippen LogP contribution in [0, 0.1) is 0 Å². The Morgan fingerprint density at radius 1 is 1.09 bits per heavy atom. The van der Waals surface area contributed by atoms with E-state index in [0.29, 0.717) is 38.2 Å². The van der Waals surface area contributed by atoms with Gasteiger partial charge >= 0.3 is 11.9 Å². The standard InChI is InChI=1S/C22H23ClF3N5O2/c1-2-7-30-17-5-3-4-6-18(17)31(21(30)33)14-19(32)28-8-10-29(11-9-28)20-16(23)12-15(13-27-20)22(24,25)26/h3-6,12-13H,2,7-11,14H2,1H3. The number of alkyl halides is 3. The molecule has 0 radical (unpaired) electrons. The van der Waals surface area contributed by atoms with Gasteiger partial charge in [0, 0.05) is 38.9 Å². The number of para-hydroxylation sites is 2. The number of rotatable bonds is 5. The SMILES string of the molecule is CCCn1c(=O)n(CC(=O)N2CCN(c3ncc(C(F)(F)F)cc3Cl)CC2)c2ccccc21. The van der Waals surface area contributed by atoms with Gasteiger partial charge in [-0.2, -0.15) is 13.2 Å². The molecule has 2 aromatic heterocycles. The highest BCUT2D eigenvalue weighted by Crippen LogP contribution is 2.33. The van der Waals surface area contributed by atoms with Crippen LogP contribution in [-0.4, -0.2) is 51.1 Å². The van der Waals surface area contributed by atoms with Crippen molar-refractivity contribution in [2.75, 3.05) is 31.1 Å². The van der Waals surface area contributed by atoms with Crippen molar-refractivity contribution in [3.8, 4) is 0 Å². The number of benzene rings is 1. The van der Waals surface area contributed by atoms with Crippen LogP contribution in [0.15, 0.2) is 41.3 Å². The lowest BCUT2D eigenvalue weighted by Gasteiger charge is -2.35. The molecule has 3 aromatic rings. The van der Waals surface area contributed by atoms with E-state index in [-0.39, 0.29) is 29.0 Å². The van der Waals surface area contributed by atoms with E-state index in [2.05, 4.69) is 4.98 Å². The van der Waals surface area contributed by atoms with E-state index >= 15 is 0 Å². The molecule has 1 fully saturated rings. The summed E-state index contributed by atoms with van der Waals surface area (Å²) in [6.45, 7) is 3.92. The molecule has 1 aliphatic rings. The van der Waals surface area contributed by atoms with Crippen LogP contribution in [-0.2, 0) is 24.1 Å². The second-order valence-corrected chi connectivity index (χ2v) is 8.31. The molecule has 4 rings (SSSR count). The summed E-state index contributed by atoms with van der Waals surface area (Å²) in [7, 11) is 0. The molecule has 0 saturated carbocycles. The number of aromatic nitrogens is 3. The van der Waals surface area contributed by atoms with Gasteiger partial charge in [0.25, 0.3) is 0 Å². The molecule has 11 heteroatoms. The van der Waals surface area contributed by atoms with Crippen LogP contribution in [0.25, 0.3) is 11.0 Å². The number of anilines is 1. The van der Waals surface area contributed by atoms with Crippen molar-refractivity contribution in [3.63, 3.8) is 0 Å². The molecule has 0 atom stereocenters. The van der Waals surface area contributed by atoms with Crippen LogP contribution in [0.2, 0.25) is 5.02 Å². The van der Waals surface area contributed by atoms with Crippen LogP contribution in [0.5, 0.6) is 0 Å². The van der Waals surface area contributed by atoms with Gasteiger partial charge in [0.2, 0.25) is 5.91 Å². The maximum absolute atomic E-state index is 13.0. The number of fused-ring (bicyclic) bond motifs is 1. The molecule has 1 aliphatic heterocycles. The second-order valence-electron chi connectivity index (χ2n) is 7.90. The Kier molecular flexibility index (Phi) is 6.38. The quantitative estimate of drug-likeness (QED) is 0.558. The van der Waals surface area contributed by atoms with Crippen LogP contribution in [0.3, 0.4) is 0 Å². The van der Waals surface area contributed by atoms with Gasteiger partial charge in [0.15, 0.2) is 0 Å². The lowest BCUT2D eigenvalue weighted by atomic mass is 10.2. The summed E-state index contributed by atoms with van der Waals surface area (Å²) in [6.07, 6.45) is -2.96. The van der Waals surface area contributed by atoms with Crippen LogP contribution < -0.4 is 10.6 Å². The van der Waals surface area contributed by atoms with E-state index in [1.54, 1.807) is 14.4 Å². The number of amides is 1. The van der Waals surface area contributed by atoms with Gasteiger partial charge in [0.05, 0.1) is 21.6 Å². The third kappa shape index (κ3) is 4.57. The van der Waals surface area contributed by atoms with Crippen molar-refractivity contribution in [1.82, 2.24) is 19.0 Å². The van der Waals surface area contributed by atoms with Crippen molar-refractivity contribution >= 4 is 34.4 Å². The molecule has 0 spiro atoms. The van der Waals surface area contributed by atoms with Gasteiger partial charge in [-0.15, -0.1) is 0 Å². The van der Waals surface area contributed by atoms with Crippen molar-refractivity contribution < 1.29 is 18.0 Å². The first-order chi connectivity index (χ1) is 15.7. The Morgan fingerprint density at radius 3 is 2.30 bits per heavy atom. The van der Waals surface area contributed by atoms with E-state index in [4.69, 9.17) is 11.6 Å². The molecule has 0 bridgehead atoms. The number of piperazine rings is 1. The summed E-state index contributed by atoms with van der Waals surface area (Å²) >= 11 is 6.05. The Hall–Kier alpha value is -3.01. The number of aryl methyl sites for hydroxylation is 1. The number of halogens is 4. The highest BCUT2D eigenvalue weighted by molar-refractivity contribution is 6.33. The van der Waals surface area contributed by atoms with Gasteiger partial charge in [0.1, 0.15) is 12.4 Å². The largest absolute Gasteiger partial charge is 0.417 e. The first-order valence-corrected chi connectivity index (χ1v) is 11.0. The molecule has 33 heavy (non-hydrogen) atoms. The normalized spacial score (nSPS) is 14.8. The fourth-order valence-electron chi connectivity index (χ4n) is 4.09. The summed E-state index contributed by atoms with van der Waals surface area (Å²) in [6, 6.07) is 8.25. The molecule has 0 unspecified atom stereocenters. The lowest BCUT2D eigenvalue weighted by Crippen LogP contribution is -2.50. The summed E-state index contributed by atoms with van der Waals surface area (Å²) in [5.41, 5.74) is 0.386. The first-order valence-electron chi connectivity index (χ1n) is 10.6. The third-order valence-electron chi connectivity index (χ3n) is 5.75. The topological polar surface area (TPSA) is 63.4 Å². The monoisotopic (exact) mass is 481 g/mol. The van der Waals surface area contributed by atoms with E-state index in [1.807, 2.05) is 31.2 Å². The Bertz CT molecular complexity index is 1230. The highest BCUT2D eigenvalue weighted by atomic mass is 35.5. The lowest BCUT2D eigenvalue weighted by molar-refractivity contribution is -0.138. The number of carbonyl (C=O) groups is 1. The van der Waals surface area contributed by atoms with Crippen molar-refractivity contribution in [1.29, 1.82) is 0 Å². The zero-order valence-electron chi connectivity index (χ0n) is 18.0. The van der Waals surface area contributed by atoms with E-state index in [1.165, 1.54) is 4.57 Å². The minimum Gasteiger partial charge on any atom is -0.352 e. The minimum atomic E-state index is -4.52. The molecule has 7 nitrogen and oxygen atoms in total. The fourth-order valence-corrected chi connectivity index (χ4v) is 4.37.